The SMILES string of the molecule is O=C(Nc1ccc(F)c(C(F)(F)F)c1)c1ccccc1. The summed E-state index contributed by atoms with van der Waals surface area (Å²) in [5.74, 6) is -1.94. The van der Waals surface area contributed by atoms with E-state index in [1.165, 1.54) is 12.1 Å². The Hall–Kier alpha value is -2.37. The fraction of sp³-hybridized carbons (Fsp3) is 0.0714. The van der Waals surface area contributed by atoms with Crippen LogP contribution in [0.25, 0.3) is 0 Å². The standard InChI is InChI=1S/C14H9F4NO/c15-12-7-6-10(8-11(12)14(16,17)18)19-13(20)9-4-2-1-3-5-9/h1-8H,(H,19,20). The molecule has 1 amide bonds. The number of hydrogen-bond acceptors (Lipinski definition) is 1. The van der Waals surface area contributed by atoms with Gasteiger partial charge in [0.1, 0.15) is 5.82 Å². The summed E-state index contributed by atoms with van der Waals surface area (Å²) in [7, 11) is 0. The second-order valence-electron chi connectivity index (χ2n) is 4.01. The van der Waals surface area contributed by atoms with Gasteiger partial charge in [-0.3, -0.25) is 4.79 Å². The molecular formula is C14H9F4NO. The van der Waals surface area contributed by atoms with Gasteiger partial charge < -0.3 is 5.32 Å². The molecule has 6 heteroatoms. The third kappa shape index (κ3) is 3.14. The van der Waals surface area contributed by atoms with Crippen molar-refractivity contribution in [2.75, 3.05) is 5.32 Å². The number of anilines is 1. The van der Waals surface area contributed by atoms with E-state index in [4.69, 9.17) is 0 Å². The lowest BCUT2D eigenvalue weighted by Gasteiger charge is -2.11. The molecule has 0 saturated heterocycles. The Kier molecular flexibility index (Phi) is 3.74. The zero-order chi connectivity index (χ0) is 14.8. The molecule has 0 spiro atoms. The highest BCUT2D eigenvalue weighted by molar-refractivity contribution is 6.04. The largest absolute Gasteiger partial charge is 0.419 e. The van der Waals surface area contributed by atoms with Gasteiger partial charge in [0.05, 0.1) is 5.56 Å². The van der Waals surface area contributed by atoms with Gasteiger partial charge in [-0.25, -0.2) is 4.39 Å². The molecule has 0 aliphatic rings. The Balaban J connectivity index is 2.25. The van der Waals surface area contributed by atoms with E-state index in [9.17, 15) is 22.4 Å². The monoisotopic (exact) mass is 283 g/mol. The van der Waals surface area contributed by atoms with Crippen LogP contribution in [-0.2, 0) is 6.18 Å². The average Bonchev–Trinajstić information content (AvgIpc) is 2.40. The van der Waals surface area contributed by atoms with E-state index in [0.29, 0.717) is 17.7 Å². The zero-order valence-corrected chi connectivity index (χ0v) is 10.0. The molecule has 0 atom stereocenters. The first-order valence-corrected chi connectivity index (χ1v) is 5.61. The highest BCUT2D eigenvalue weighted by atomic mass is 19.4. The predicted molar refractivity (Wildman–Crippen MR) is 65.8 cm³/mol. The molecule has 1 N–H and O–H groups in total. The minimum Gasteiger partial charge on any atom is -0.322 e. The van der Waals surface area contributed by atoms with Crippen molar-refractivity contribution in [2.45, 2.75) is 6.18 Å². The summed E-state index contributed by atoms with van der Waals surface area (Å²) in [5.41, 5.74) is -1.23. The van der Waals surface area contributed by atoms with Crippen LogP contribution in [0.4, 0.5) is 23.2 Å². The van der Waals surface area contributed by atoms with Crippen molar-refractivity contribution >= 4 is 11.6 Å². The van der Waals surface area contributed by atoms with Gasteiger partial charge in [0.2, 0.25) is 0 Å². The van der Waals surface area contributed by atoms with Crippen LogP contribution in [0.15, 0.2) is 48.5 Å². The lowest BCUT2D eigenvalue weighted by Crippen LogP contribution is -2.14. The molecule has 104 valence electrons. The van der Waals surface area contributed by atoms with Gasteiger partial charge in [0.15, 0.2) is 0 Å². The zero-order valence-electron chi connectivity index (χ0n) is 10.0. The van der Waals surface area contributed by atoms with Crippen molar-refractivity contribution in [3.8, 4) is 0 Å². The van der Waals surface area contributed by atoms with Crippen molar-refractivity contribution in [3.05, 3.63) is 65.5 Å². The molecule has 0 saturated carbocycles. The molecule has 0 unspecified atom stereocenters. The second kappa shape index (κ2) is 5.32. The van der Waals surface area contributed by atoms with Gasteiger partial charge >= 0.3 is 6.18 Å². The van der Waals surface area contributed by atoms with Crippen LogP contribution in [0.3, 0.4) is 0 Å². The van der Waals surface area contributed by atoms with Crippen LogP contribution in [0, 0.1) is 5.82 Å². The molecule has 0 aromatic heterocycles. The van der Waals surface area contributed by atoms with Gasteiger partial charge in [0, 0.05) is 11.3 Å². The molecule has 0 aliphatic carbocycles. The Labute approximate surface area is 112 Å². The van der Waals surface area contributed by atoms with Gasteiger partial charge in [0.25, 0.3) is 5.91 Å². The highest BCUT2D eigenvalue weighted by Crippen LogP contribution is 2.33. The van der Waals surface area contributed by atoms with Crippen LogP contribution >= 0.6 is 0 Å². The summed E-state index contributed by atoms with van der Waals surface area (Å²) in [5, 5.41) is 2.29. The van der Waals surface area contributed by atoms with Crippen molar-refractivity contribution in [1.82, 2.24) is 0 Å². The van der Waals surface area contributed by atoms with E-state index in [-0.39, 0.29) is 5.69 Å². The number of carbonyl (C=O) groups is 1. The van der Waals surface area contributed by atoms with Crippen molar-refractivity contribution < 1.29 is 22.4 Å². The first-order chi connectivity index (χ1) is 9.38. The second-order valence-corrected chi connectivity index (χ2v) is 4.01. The smallest absolute Gasteiger partial charge is 0.322 e. The first kappa shape index (κ1) is 14.0. The van der Waals surface area contributed by atoms with Crippen LogP contribution < -0.4 is 5.32 Å². The summed E-state index contributed by atoms with van der Waals surface area (Å²) in [6.07, 6.45) is -4.81. The van der Waals surface area contributed by atoms with Gasteiger partial charge in [-0.2, -0.15) is 13.2 Å². The third-order valence-electron chi connectivity index (χ3n) is 2.57. The topological polar surface area (TPSA) is 29.1 Å². The van der Waals surface area contributed by atoms with Crippen molar-refractivity contribution in [1.29, 1.82) is 0 Å². The molecule has 0 fully saturated rings. The molecule has 0 radical (unpaired) electrons. The van der Waals surface area contributed by atoms with Gasteiger partial charge in [-0.1, -0.05) is 18.2 Å². The van der Waals surface area contributed by atoms with Gasteiger partial charge in [-0.05, 0) is 30.3 Å². The quantitative estimate of drug-likeness (QED) is 0.826. The molecule has 0 aliphatic heterocycles. The number of rotatable bonds is 2. The molecule has 20 heavy (non-hydrogen) atoms. The summed E-state index contributed by atoms with van der Waals surface area (Å²) in [6.45, 7) is 0. The predicted octanol–water partition coefficient (Wildman–Crippen LogP) is 4.10. The Bertz CT molecular complexity index is 623. The third-order valence-corrected chi connectivity index (χ3v) is 2.57. The average molecular weight is 283 g/mol. The van der Waals surface area contributed by atoms with E-state index in [0.717, 1.165) is 6.07 Å². The van der Waals surface area contributed by atoms with E-state index >= 15 is 0 Å². The fourth-order valence-electron chi connectivity index (χ4n) is 1.61. The maximum absolute atomic E-state index is 13.1. The number of carbonyl (C=O) groups excluding carboxylic acids is 1. The number of nitrogens with one attached hydrogen (secondary N) is 1. The van der Waals surface area contributed by atoms with Crippen LogP contribution in [0.5, 0.6) is 0 Å². The number of amides is 1. The highest BCUT2D eigenvalue weighted by Gasteiger charge is 2.34. The Morgan fingerprint density at radius 2 is 1.65 bits per heavy atom. The van der Waals surface area contributed by atoms with Crippen molar-refractivity contribution in [3.63, 3.8) is 0 Å². The molecule has 0 bridgehead atoms. The number of halogens is 4. The lowest BCUT2D eigenvalue weighted by atomic mass is 10.1. The number of alkyl halides is 3. The maximum Gasteiger partial charge on any atom is 0.419 e. The lowest BCUT2D eigenvalue weighted by molar-refractivity contribution is -0.139. The molecular weight excluding hydrogens is 274 g/mol. The summed E-state index contributed by atoms with van der Waals surface area (Å²) < 4.78 is 50.7. The Morgan fingerprint density at radius 1 is 1.00 bits per heavy atom. The fourth-order valence-corrected chi connectivity index (χ4v) is 1.61. The number of hydrogen-bond donors (Lipinski definition) is 1. The first-order valence-electron chi connectivity index (χ1n) is 5.61. The molecule has 2 aromatic carbocycles. The normalized spacial score (nSPS) is 11.2. The Morgan fingerprint density at radius 3 is 2.25 bits per heavy atom. The molecule has 2 aromatic rings. The van der Waals surface area contributed by atoms with Gasteiger partial charge in [-0.15, -0.1) is 0 Å². The van der Waals surface area contributed by atoms with E-state index in [2.05, 4.69) is 5.32 Å². The van der Waals surface area contributed by atoms with E-state index in [1.54, 1.807) is 18.2 Å². The van der Waals surface area contributed by atoms with Crippen LogP contribution in [0.2, 0.25) is 0 Å². The van der Waals surface area contributed by atoms with Crippen LogP contribution in [-0.4, -0.2) is 5.91 Å². The van der Waals surface area contributed by atoms with Crippen LogP contribution in [0.1, 0.15) is 15.9 Å². The number of benzene rings is 2. The summed E-state index contributed by atoms with van der Waals surface area (Å²) >= 11 is 0. The maximum atomic E-state index is 13.1. The summed E-state index contributed by atoms with van der Waals surface area (Å²) in [4.78, 5) is 11.8. The van der Waals surface area contributed by atoms with Crippen molar-refractivity contribution in [2.24, 2.45) is 0 Å². The minimum absolute atomic E-state index is 0.118. The molecule has 2 nitrogen and oxygen atoms in total. The van der Waals surface area contributed by atoms with E-state index < -0.39 is 23.5 Å². The molecule has 0 heterocycles. The molecule has 2 rings (SSSR count). The minimum atomic E-state index is -4.81. The summed E-state index contributed by atoms with van der Waals surface area (Å²) in [6, 6.07) is 10.3. The van der Waals surface area contributed by atoms with E-state index in [1.807, 2.05) is 0 Å².